The van der Waals surface area contributed by atoms with Crippen molar-refractivity contribution in [3.63, 3.8) is 0 Å². The molecule has 230 valence electrons. The van der Waals surface area contributed by atoms with Crippen LogP contribution in [0.2, 0.25) is 0 Å². The number of fused-ring (bicyclic) bond motifs is 1. The van der Waals surface area contributed by atoms with Gasteiger partial charge in [-0.15, -0.1) is 0 Å². The second kappa shape index (κ2) is 13.2. The maximum absolute atomic E-state index is 13.7. The van der Waals surface area contributed by atoms with Crippen LogP contribution < -0.4 is 15.0 Å². The zero-order chi connectivity index (χ0) is 30.6. The fourth-order valence-electron chi connectivity index (χ4n) is 5.41. The maximum atomic E-state index is 13.7. The first-order valence-corrected chi connectivity index (χ1v) is 14.5. The molecule has 0 aromatic heterocycles. The van der Waals surface area contributed by atoms with Gasteiger partial charge in [0, 0.05) is 56.1 Å². The van der Waals surface area contributed by atoms with Crippen molar-refractivity contribution in [1.29, 1.82) is 0 Å². The van der Waals surface area contributed by atoms with Gasteiger partial charge in [-0.25, -0.2) is 4.99 Å². The van der Waals surface area contributed by atoms with Crippen molar-refractivity contribution >= 4 is 29.1 Å². The predicted octanol–water partition coefficient (Wildman–Crippen LogP) is 4.08. The topological polar surface area (TPSA) is 101 Å². The Kier molecular flexibility index (Phi) is 9.34. The molecule has 9 nitrogen and oxygen atoms in total. The fourth-order valence-corrected chi connectivity index (χ4v) is 5.41. The highest BCUT2D eigenvalue weighted by Crippen LogP contribution is 2.32. The molecule has 5 rings (SSSR count). The molecule has 0 saturated carbocycles. The van der Waals surface area contributed by atoms with Crippen molar-refractivity contribution < 1.29 is 37.0 Å². The lowest BCUT2D eigenvalue weighted by Crippen LogP contribution is -2.48. The van der Waals surface area contributed by atoms with Gasteiger partial charge >= 0.3 is 6.18 Å². The molecule has 2 fully saturated rings. The highest BCUT2D eigenvalue weighted by molar-refractivity contribution is 6.20. The summed E-state index contributed by atoms with van der Waals surface area (Å²) in [5, 5.41) is 2.58. The average Bonchev–Trinajstić information content (AvgIpc) is 3.07. The second-order valence-electron chi connectivity index (χ2n) is 11.1. The third kappa shape index (κ3) is 7.54. The largest absolute Gasteiger partial charge is 0.486 e. The van der Waals surface area contributed by atoms with E-state index in [1.807, 2.05) is 30.3 Å². The molecule has 12 heteroatoms. The second-order valence-corrected chi connectivity index (χ2v) is 11.1. The third-order valence-electron chi connectivity index (χ3n) is 7.92. The fraction of sp³-hybridized carbons (Fsp3) is 0.484. The Morgan fingerprint density at radius 3 is 2.47 bits per heavy atom. The first-order chi connectivity index (χ1) is 20.6. The number of benzene rings is 2. The monoisotopic (exact) mass is 600 g/mol. The Hall–Kier alpha value is -3.93. The van der Waals surface area contributed by atoms with Gasteiger partial charge < -0.3 is 24.6 Å². The van der Waals surface area contributed by atoms with Crippen molar-refractivity contribution in [3.05, 3.63) is 59.7 Å². The van der Waals surface area contributed by atoms with Crippen LogP contribution >= 0.6 is 0 Å². The molecule has 0 spiro atoms. The molecule has 0 bridgehead atoms. The van der Waals surface area contributed by atoms with E-state index >= 15 is 0 Å². The number of carbonyl (C=O) groups is 3. The van der Waals surface area contributed by atoms with Crippen LogP contribution in [0.15, 0.2) is 53.5 Å². The summed E-state index contributed by atoms with van der Waals surface area (Å²) in [5.41, 5.74) is 2.22. The van der Waals surface area contributed by atoms with Crippen molar-refractivity contribution in [3.8, 4) is 5.75 Å². The van der Waals surface area contributed by atoms with Crippen molar-refractivity contribution in [1.82, 2.24) is 10.2 Å². The number of amides is 3. The van der Waals surface area contributed by atoms with Crippen molar-refractivity contribution in [2.45, 2.75) is 57.0 Å². The number of benzodiazepines with no additional fused rings is 1. The molecule has 1 N–H and O–H groups in total. The molecule has 0 aliphatic carbocycles. The molecule has 0 unspecified atom stereocenters. The van der Waals surface area contributed by atoms with Crippen LogP contribution in [-0.2, 0) is 19.1 Å². The van der Waals surface area contributed by atoms with Crippen LogP contribution in [0.3, 0.4) is 0 Å². The minimum atomic E-state index is -4.50. The molecule has 43 heavy (non-hydrogen) atoms. The van der Waals surface area contributed by atoms with E-state index in [1.165, 1.54) is 4.90 Å². The summed E-state index contributed by atoms with van der Waals surface area (Å²) in [5.74, 6) is -2.51. The van der Waals surface area contributed by atoms with Gasteiger partial charge in [0.05, 0.1) is 24.6 Å². The number of halogens is 3. The number of rotatable bonds is 9. The number of nitrogens with zero attached hydrogens (tertiary/aromatic N) is 3. The Morgan fingerprint density at radius 1 is 1.09 bits per heavy atom. The minimum absolute atomic E-state index is 0.0968. The van der Waals surface area contributed by atoms with Gasteiger partial charge in [0.25, 0.3) is 5.91 Å². The van der Waals surface area contributed by atoms with Gasteiger partial charge in [0.2, 0.25) is 18.0 Å². The van der Waals surface area contributed by atoms with E-state index in [9.17, 15) is 27.6 Å². The molecule has 2 aromatic rings. The van der Waals surface area contributed by atoms with Gasteiger partial charge in [0.1, 0.15) is 11.9 Å². The average molecular weight is 601 g/mol. The molecule has 2 aromatic carbocycles. The van der Waals surface area contributed by atoms with E-state index in [-0.39, 0.29) is 18.4 Å². The normalized spacial score (nSPS) is 20.0. The molecule has 3 aliphatic heterocycles. The molecule has 3 heterocycles. The van der Waals surface area contributed by atoms with E-state index in [0.717, 1.165) is 19.3 Å². The summed E-state index contributed by atoms with van der Waals surface area (Å²) in [4.78, 5) is 47.8. The standard InChI is InChI=1S/C31H35F3N4O5/c1-37-25-17-22(43-23-18-42-19-23)10-11-24(25)27(20-8-4-2-5-9-20)35-28(30(37)41)36-29(40)21(12-13-31(32,33)34)16-26(39)38-14-6-3-7-15-38/h2,4-5,8-11,17,21,23,28H,3,6-7,12-16,18-19H2,1H3,(H,36,40)/t21-,28-/m1/s1. The molecule has 2 atom stereocenters. The highest BCUT2D eigenvalue weighted by atomic mass is 19.4. The van der Waals surface area contributed by atoms with E-state index in [2.05, 4.69) is 10.3 Å². The van der Waals surface area contributed by atoms with Crippen LogP contribution in [0.5, 0.6) is 5.75 Å². The summed E-state index contributed by atoms with van der Waals surface area (Å²) < 4.78 is 50.7. The molecule has 3 aliphatic rings. The molecule has 2 saturated heterocycles. The van der Waals surface area contributed by atoms with Gasteiger partial charge in [-0.3, -0.25) is 14.4 Å². The summed E-state index contributed by atoms with van der Waals surface area (Å²) in [6.45, 7) is 1.96. The zero-order valence-corrected chi connectivity index (χ0v) is 23.9. The molecule has 0 radical (unpaired) electrons. The van der Waals surface area contributed by atoms with E-state index < -0.39 is 42.9 Å². The van der Waals surface area contributed by atoms with Crippen molar-refractivity contribution in [2.75, 3.05) is 38.3 Å². The lowest BCUT2D eigenvalue weighted by Gasteiger charge is -2.29. The lowest BCUT2D eigenvalue weighted by molar-refractivity contribution is -0.146. The summed E-state index contributed by atoms with van der Waals surface area (Å²) >= 11 is 0. The first-order valence-electron chi connectivity index (χ1n) is 14.5. The Bertz CT molecular complexity index is 1360. The Labute approximate surface area is 248 Å². The number of alkyl halides is 3. The lowest BCUT2D eigenvalue weighted by atomic mass is 9.96. The van der Waals surface area contributed by atoms with Gasteiger partial charge in [-0.1, -0.05) is 30.3 Å². The number of nitrogens with one attached hydrogen (secondary N) is 1. The smallest absolute Gasteiger partial charge is 0.389 e. The number of ether oxygens (including phenoxy) is 2. The molecular formula is C31H35F3N4O5. The SMILES string of the molecule is CN1C(=O)[C@@H](NC(=O)[C@H](CCC(F)(F)F)CC(=O)N2CCCCC2)N=C(c2ccccc2)c2ccc(OC3COC3)cc21. The number of likely N-dealkylation sites (tertiary alicyclic amines) is 1. The van der Waals surface area contributed by atoms with E-state index in [4.69, 9.17) is 9.47 Å². The number of aliphatic imine (C=N–C) groups is 1. The number of hydrogen-bond acceptors (Lipinski definition) is 6. The summed E-state index contributed by atoms with van der Waals surface area (Å²) in [6, 6.07) is 14.4. The summed E-state index contributed by atoms with van der Waals surface area (Å²) in [6.07, 6.45) is -5.60. The number of anilines is 1. The first kappa shape index (κ1) is 30.5. The van der Waals surface area contributed by atoms with Crippen LogP contribution in [-0.4, -0.2) is 80.1 Å². The molecule has 3 amide bonds. The quantitative estimate of drug-likeness (QED) is 0.468. The van der Waals surface area contributed by atoms with Crippen molar-refractivity contribution in [2.24, 2.45) is 10.9 Å². The third-order valence-corrected chi connectivity index (χ3v) is 7.92. The van der Waals surface area contributed by atoms with Crippen LogP contribution in [0.25, 0.3) is 0 Å². The number of piperidine rings is 1. The van der Waals surface area contributed by atoms with Crippen LogP contribution in [0.1, 0.15) is 49.7 Å². The van der Waals surface area contributed by atoms with E-state index in [1.54, 1.807) is 30.1 Å². The number of hydrogen-bond donors (Lipinski definition) is 1. The maximum Gasteiger partial charge on any atom is 0.389 e. The number of carbonyl (C=O) groups excluding carboxylic acids is 3. The van der Waals surface area contributed by atoms with Crippen LogP contribution in [0.4, 0.5) is 18.9 Å². The van der Waals surface area contributed by atoms with Gasteiger partial charge in [0.15, 0.2) is 0 Å². The minimum Gasteiger partial charge on any atom is -0.486 e. The van der Waals surface area contributed by atoms with Gasteiger partial charge in [-0.05, 0) is 37.8 Å². The van der Waals surface area contributed by atoms with Crippen LogP contribution in [0, 0.1) is 5.92 Å². The summed E-state index contributed by atoms with van der Waals surface area (Å²) in [7, 11) is 1.54. The highest BCUT2D eigenvalue weighted by Gasteiger charge is 2.36. The number of likely N-dealkylation sites (N-methyl/N-ethyl adjacent to an activating group) is 1. The van der Waals surface area contributed by atoms with E-state index in [0.29, 0.717) is 54.6 Å². The Morgan fingerprint density at radius 2 is 1.81 bits per heavy atom. The predicted molar refractivity (Wildman–Crippen MR) is 153 cm³/mol. The Balaban J connectivity index is 1.43. The molecular weight excluding hydrogens is 565 g/mol. The van der Waals surface area contributed by atoms with Gasteiger partial charge in [-0.2, -0.15) is 13.2 Å². The zero-order valence-electron chi connectivity index (χ0n) is 23.9.